The summed E-state index contributed by atoms with van der Waals surface area (Å²) in [6.45, 7) is 8.52. The number of benzene rings is 1. The van der Waals surface area contributed by atoms with Crippen molar-refractivity contribution in [1.82, 2.24) is 5.32 Å². The van der Waals surface area contributed by atoms with Crippen LogP contribution in [0.15, 0.2) is 36.4 Å². The highest BCUT2D eigenvalue weighted by Gasteiger charge is 2.13. The lowest BCUT2D eigenvalue weighted by molar-refractivity contribution is -0.127. The minimum atomic E-state index is -0.651. The van der Waals surface area contributed by atoms with Crippen molar-refractivity contribution < 1.29 is 18.7 Å². The maximum atomic E-state index is 12.7. The first-order chi connectivity index (χ1) is 9.49. The third-order valence-electron chi connectivity index (χ3n) is 2.39. The van der Waals surface area contributed by atoms with E-state index in [9.17, 15) is 9.18 Å². The van der Waals surface area contributed by atoms with Gasteiger partial charge in [0, 0.05) is 6.54 Å². The Hall–Kier alpha value is -1.88. The monoisotopic (exact) mass is 281 g/mol. The summed E-state index contributed by atoms with van der Waals surface area (Å²) in [4.78, 5) is 11.7. The molecular weight excluding hydrogens is 261 g/mol. The van der Waals surface area contributed by atoms with Crippen molar-refractivity contribution >= 4 is 5.91 Å². The Labute approximate surface area is 118 Å². The van der Waals surface area contributed by atoms with Crippen LogP contribution in [-0.2, 0) is 9.53 Å². The van der Waals surface area contributed by atoms with Gasteiger partial charge in [-0.25, -0.2) is 4.39 Å². The van der Waals surface area contributed by atoms with E-state index in [-0.39, 0.29) is 11.7 Å². The van der Waals surface area contributed by atoms with Crippen LogP contribution in [0.4, 0.5) is 4.39 Å². The van der Waals surface area contributed by atoms with E-state index in [1.807, 2.05) is 6.92 Å². The number of carbonyl (C=O) groups is 1. The molecule has 0 heterocycles. The summed E-state index contributed by atoms with van der Waals surface area (Å²) in [6, 6.07) is 5.53. The summed E-state index contributed by atoms with van der Waals surface area (Å²) in [5.74, 6) is -0.134. The minimum Gasteiger partial charge on any atom is -0.481 e. The molecule has 5 heteroatoms. The molecule has 0 aliphatic rings. The summed E-state index contributed by atoms with van der Waals surface area (Å²) in [7, 11) is 0. The Bertz CT molecular complexity index is 445. The number of nitrogens with one attached hydrogen (secondary N) is 1. The molecule has 0 aliphatic heterocycles. The largest absolute Gasteiger partial charge is 0.481 e. The topological polar surface area (TPSA) is 47.6 Å². The molecule has 0 bridgehead atoms. The van der Waals surface area contributed by atoms with Crippen molar-refractivity contribution in [1.29, 1.82) is 0 Å². The van der Waals surface area contributed by atoms with E-state index in [2.05, 4.69) is 11.9 Å². The summed E-state index contributed by atoms with van der Waals surface area (Å²) < 4.78 is 23.4. The van der Waals surface area contributed by atoms with Crippen LogP contribution in [0.25, 0.3) is 0 Å². The van der Waals surface area contributed by atoms with Gasteiger partial charge in [-0.15, -0.1) is 0 Å². The van der Waals surface area contributed by atoms with E-state index in [1.165, 1.54) is 24.3 Å². The van der Waals surface area contributed by atoms with E-state index in [4.69, 9.17) is 9.47 Å². The average molecular weight is 281 g/mol. The van der Waals surface area contributed by atoms with Crippen LogP contribution in [0.5, 0.6) is 5.75 Å². The SMILES string of the molecule is C=C(C)COCCNC(=O)C(C)Oc1ccc(F)cc1. The molecule has 1 amide bonds. The quantitative estimate of drug-likeness (QED) is 0.587. The van der Waals surface area contributed by atoms with Gasteiger partial charge >= 0.3 is 0 Å². The molecule has 0 radical (unpaired) electrons. The summed E-state index contributed by atoms with van der Waals surface area (Å²) in [6.07, 6.45) is -0.651. The standard InChI is InChI=1S/C15H20FNO3/c1-11(2)10-19-9-8-17-15(18)12(3)20-14-6-4-13(16)5-7-14/h4-7,12H,1,8-10H2,2-3H3,(H,17,18). The zero-order chi connectivity index (χ0) is 15.0. The molecular formula is C15H20FNO3. The van der Waals surface area contributed by atoms with Gasteiger partial charge in [-0.3, -0.25) is 4.79 Å². The first kappa shape index (κ1) is 16.2. The van der Waals surface area contributed by atoms with Gasteiger partial charge in [0.15, 0.2) is 6.10 Å². The fraction of sp³-hybridized carbons (Fsp3) is 0.400. The van der Waals surface area contributed by atoms with Crippen LogP contribution in [-0.4, -0.2) is 31.8 Å². The lowest BCUT2D eigenvalue weighted by Gasteiger charge is -2.14. The molecule has 4 nitrogen and oxygen atoms in total. The fourth-order valence-electron chi connectivity index (χ4n) is 1.41. The van der Waals surface area contributed by atoms with Crippen LogP contribution in [0.3, 0.4) is 0 Å². The van der Waals surface area contributed by atoms with E-state index < -0.39 is 6.10 Å². The second-order valence-electron chi connectivity index (χ2n) is 4.51. The highest BCUT2D eigenvalue weighted by molar-refractivity contribution is 5.80. The number of amides is 1. The second kappa shape index (κ2) is 8.32. The lowest BCUT2D eigenvalue weighted by atomic mass is 10.3. The van der Waals surface area contributed by atoms with Crippen LogP contribution in [0.1, 0.15) is 13.8 Å². The maximum Gasteiger partial charge on any atom is 0.260 e. The van der Waals surface area contributed by atoms with Crippen molar-refractivity contribution in [2.75, 3.05) is 19.8 Å². The van der Waals surface area contributed by atoms with Crippen LogP contribution in [0, 0.1) is 5.82 Å². The molecule has 0 saturated carbocycles. The van der Waals surface area contributed by atoms with Gasteiger partial charge in [0.05, 0.1) is 13.2 Å². The Morgan fingerprint density at radius 3 is 2.65 bits per heavy atom. The smallest absolute Gasteiger partial charge is 0.260 e. The van der Waals surface area contributed by atoms with Gasteiger partial charge in [-0.2, -0.15) is 0 Å². The second-order valence-corrected chi connectivity index (χ2v) is 4.51. The van der Waals surface area contributed by atoms with Crippen molar-refractivity contribution in [2.45, 2.75) is 20.0 Å². The molecule has 1 N–H and O–H groups in total. The number of hydrogen-bond donors (Lipinski definition) is 1. The van der Waals surface area contributed by atoms with Gasteiger partial charge in [0.2, 0.25) is 0 Å². The van der Waals surface area contributed by atoms with Gasteiger partial charge in [0.1, 0.15) is 11.6 Å². The third kappa shape index (κ3) is 6.33. The van der Waals surface area contributed by atoms with Crippen LogP contribution in [0.2, 0.25) is 0 Å². The molecule has 110 valence electrons. The van der Waals surface area contributed by atoms with E-state index in [0.29, 0.717) is 25.5 Å². The van der Waals surface area contributed by atoms with Gasteiger partial charge in [0.25, 0.3) is 5.91 Å². The Kier molecular flexibility index (Phi) is 6.73. The third-order valence-corrected chi connectivity index (χ3v) is 2.39. The van der Waals surface area contributed by atoms with Crippen molar-refractivity contribution in [3.63, 3.8) is 0 Å². The molecule has 1 unspecified atom stereocenters. The molecule has 1 aromatic carbocycles. The summed E-state index contributed by atoms with van der Waals surface area (Å²) in [5, 5.41) is 2.70. The van der Waals surface area contributed by atoms with Crippen LogP contribution < -0.4 is 10.1 Å². The normalized spacial score (nSPS) is 11.8. The van der Waals surface area contributed by atoms with Gasteiger partial charge < -0.3 is 14.8 Å². The van der Waals surface area contributed by atoms with E-state index >= 15 is 0 Å². The van der Waals surface area contributed by atoms with Crippen molar-refractivity contribution in [2.24, 2.45) is 0 Å². The van der Waals surface area contributed by atoms with Crippen molar-refractivity contribution in [3.8, 4) is 5.75 Å². The molecule has 0 fully saturated rings. The number of ether oxygens (including phenoxy) is 2. The zero-order valence-electron chi connectivity index (χ0n) is 11.8. The summed E-state index contributed by atoms with van der Waals surface area (Å²) in [5.41, 5.74) is 0.935. The number of carbonyl (C=O) groups excluding carboxylic acids is 1. The zero-order valence-corrected chi connectivity index (χ0v) is 11.8. The molecule has 0 aliphatic carbocycles. The highest BCUT2D eigenvalue weighted by atomic mass is 19.1. The van der Waals surface area contributed by atoms with Crippen molar-refractivity contribution in [3.05, 3.63) is 42.2 Å². The predicted octanol–water partition coefficient (Wildman–Crippen LogP) is 2.30. The molecule has 0 saturated heterocycles. The van der Waals surface area contributed by atoms with Gasteiger partial charge in [-0.05, 0) is 38.1 Å². The first-order valence-corrected chi connectivity index (χ1v) is 6.41. The first-order valence-electron chi connectivity index (χ1n) is 6.41. The molecule has 1 atom stereocenters. The van der Waals surface area contributed by atoms with Gasteiger partial charge in [-0.1, -0.05) is 12.2 Å². The summed E-state index contributed by atoms with van der Waals surface area (Å²) >= 11 is 0. The highest BCUT2D eigenvalue weighted by Crippen LogP contribution is 2.12. The Morgan fingerprint density at radius 2 is 2.05 bits per heavy atom. The maximum absolute atomic E-state index is 12.7. The molecule has 0 aromatic heterocycles. The number of halogens is 1. The van der Waals surface area contributed by atoms with Crippen LogP contribution >= 0.6 is 0 Å². The number of rotatable bonds is 8. The Morgan fingerprint density at radius 1 is 1.40 bits per heavy atom. The molecule has 0 spiro atoms. The minimum absolute atomic E-state index is 0.242. The molecule has 20 heavy (non-hydrogen) atoms. The lowest BCUT2D eigenvalue weighted by Crippen LogP contribution is -2.38. The molecule has 1 rings (SSSR count). The average Bonchev–Trinajstić information content (AvgIpc) is 2.40. The fourth-order valence-corrected chi connectivity index (χ4v) is 1.41. The van der Waals surface area contributed by atoms with E-state index in [0.717, 1.165) is 5.57 Å². The Balaban J connectivity index is 2.25. The molecule has 1 aromatic rings. The predicted molar refractivity (Wildman–Crippen MR) is 75.1 cm³/mol. The number of hydrogen-bond acceptors (Lipinski definition) is 3. The van der Waals surface area contributed by atoms with E-state index in [1.54, 1.807) is 6.92 Å².